The maximum Gasteiger partial charge on any atom is 0.169 e. The van der Waals surface area contributed by atoms with Gasteiger partial charge in [0.25, 0.3) is 0 Å². The zero-order valence-corrected chi connectivity index (χ0v) is 25.4. The molecule has 0 bridgehead atoms. The second kappa shape index (κ2) is 13.4. The molecule has 0 amide bonds. The molecule has 3 fully saturated rings. The Morgan fingerprint density at radius 1 is 0.833 bits per heavy atom. The summed E-state index contributed by atoms with van der Waals surface area (Å²) in [6.07, 6.45) is 8.88. The van der Waals surface area contributed by atoms with Crippen LogP contribution >= 0.6 is 0 Å². The Balaban J connectivity index is 1.27. The summed E-state index contributed by atoms with van der Waals surface area (Å²) in [6.45, 7) is 10.1. The van der Waals surface area contributed by atoms with Gasteiger partial charge >= 0.3 is 0 Å². The van der Waals surface area contributed by atoms with Crippen LogP contribution in [0.2, 0.25) is 0 Å². The lowest BCUT2D eigenvalue weighted by atomic mass is 9.91. The van der Waals surface area contributed by atoms with Gasteiger partial charge in [-0.3, -0.25) is 4.90 Å². The van der Waals surface area contributed by atoms with Crippen molar-refractivity contribution in [2.45, 2.75) is 95.7 Å². The minimum Gasteiger partial charge on any atom is -0.379 e. The summed E-state index contributed by atoms with van der Waals surface area (Å²) in [7, 11) is 0. The van der Waals surface area contributed by atoms with E-state index in [9.17, 15) is 4.39 Å². The molecule has 0 unspecified atom stereocenters. The van der Waals surface area contributed by atoms with Crippen LogP contribution in [0.4, 0.5) is 4.39 Å². The summed E-state index contributed by atoms with van der Waals surface area (Å²) in [5.41, 5.74) is 5.89. The van der Waals surface area contributed by atoms with Gasteiger partial charge in [0, 0.05) is 56.7 Å². The number of hydrogen-bond donors (Lipinski definition) is 0. The molecule has 5 nitrogen and oxygen atoms in total. The third-order valence-electron chi connectivity index (χ3n) is 9.37. The standard InChI is InChI=1S/C36H47FN2O3/c1-27(2)34-26-33(28-9-5-3-6-10-28)35(29-11-13-30(37)14-12-29)39(34)20-16-32-25-31(15-19-38-21-23-40-24-22-38)41-36(42-32)17-7-4-8-18-36/h3,5-6,9-14,26-27,31-32H,4,7-8,15-25H2,1-2H3/t31-,32-/m1/s1. The van der Waals surface area contributed by atoms with Gasteiger partial charge in [-0.2, -0.15) is 0 Å². The largest absolute Gasteiger partial charge is 0.379 e. The zero-order valence-electron chi connectivity index (χ0n) is 25.4. The van der Waals surface area contributed by atoms with Gasteiger partial charge in [0.1, 0.15) is 5.82 Å². The fraction of sp³-hybridized carbons (Fsp3) is 0.556. The lowest BCUT2D eigenvalue weighted by Gasteiger charge is -2.47. The summed E-state index contributed by atoms with van der Waals surface area (Å²) in [4.78, 5) is 2.51. The van der Waals surface area contributed by atoms with E-state index in [0.29, 0.717) is 5.92 Å². The van der Waals surface area contributed by atoms with Gasteiger partial charge in [-0.25, -0.2) is 4.39 Å². The summed E-state index contributed by atoms with van der Waals surface area (Å²) >= 11 is 0. The van der Waals surface area contributed by atoms with Crippen molar-refractivity contribution in [1.29, 1.82) is 0 Å². The highest BCUT2D eigenvalue weighted by Crippen LogP contribution is 2.42. The Morgan fingerprint density at radius 2 is 1.50 bits per heavy atom. The van der Waals surface area contributed by atoms with Gasteiger partial charge in [-0.05, 0) is 73.1 Å². The molecule has 2 saturated heterocycles. The molecule has 2 atom stereocenters. The molecule has 2 aromatic carbocycles. The second-order valence-electron chi connectivity index (χ2n) is 12.7. The van der Waals surface area contributed by atoms with Crippen LogP contribution in [0.5, 0.6) is 0 Å². The molecule has 6 rings (SSSR count). The van der Waals surface area contributed by atoms with Gasteiger partial charge in [-0.15, -0.1) is 0 Å². The van der Waals surface area contributed by atoms with Crippen molar-refractivity contribution in [3.8, 4) is 22.4 Å². The van der Waals surface area contributed by atoms with Gasteiger partial charge < -0.3 is 18.8 Å². The Kier molecular flexibility index (Phi) is 9.44. The molecule has 1 aromatic heterocycles. The number of rotatable bonds is 9. The molecule has 0 N–H and O–H groups in total. The van der Waals surface area contributed by atoms with Crippen molar-refractivity contribution < 1.29 is 18.6 Å². The molecule has 3 aromatic rings. The second-order valence-corrected chi connectivity index (χ2v) is 12.7. The third kappa shape index (κ3) is 6.83. The van der Waals surface area contributed by atoms with Crippen molar-refractivity contribution in [3.63, 3.8) is 0 Å². The van der Waals surface area contributed by atoms with Crippen LogP contribution < -0.4 is 0 Å². The normalized spacial score (nSPS) is 23.0. The SMILES string of the molecule is CC(C)c1cc(-c2ccccc2)c(-c2ccc(F)cc2)n1CC[C@@H]1C[C@@H](CCN2CCOCC2)OC2(CCCCC2)O1. The van der Waals surface area contributed by atoms with Crippen molar-refractivity contribution in [1.82, 2.24) is 9.47 Å². The molecule has 1 saturated carbocycles. The van der Waals surface area contributed by atoms with Crippen LogP contribution in [0.25, 0.3) is 22.4 Å². The highest BCUT2D eigenvalue weighted by Gasteiger charge is 2.43. The van der Waals surface area contributed by atoms with E-state index in [4.69, 9.17) is 14.2 Å². The first kappa shape index (κ1) is 29.6. The van der Waals surface area contributed by atoms with E-state index in [2.05, 4.69) is 59.7 Å². The number of hydrogen-bond acceptors (Lipinski definition) is 4. The number of aromatic nitrogens is 1. The van der Waals surface area contributed by atoms with Gasteiger partial charge in [0.2, 0.25) is 0 Å². The summed E-state index contributed by atoms with van der Waals surface area (Å²) in [6, 6.07) is 19.9. The van der Waals surface area contributed by atoms with E-state index in [1.807, 2.05) is 12.1 Å². The van der Waals surface area contributed by atoms with Gasteiger partial charge in [0.15, 0.2) is 5.79 Å². The molecule has 6 heteroatoms. The van der Waals surface area contributed by atoms with Crippen molar-refractivity contribution in [2.24, 2.45) is 0 Å². The number of nitrogens with zero attached hydrogens (tertiary/aromatic N) is 2. The predicted molar refractivity (Wildman–Crippen MR) is 166 cm³/mol. The lowest BCUT2D eigenvalue weighted by Crippen LogP contribution is -2.50. The molecular formula is C36H47FN2O3. The average Bonchev–Trinajstić information content (AvgIpc) is 3.40. The van der Waals surface area contributed by atoms with E-state index in [1.165, 1.54) is 36.1 Å². The number of ether oxygens (including phenoxy) is 3. The Morgan fingerprint density at radius 3 is 2.17 bits per heavy atom. The van der Waals surface area contributed by atoms with E-state index < -0.39 is 5.79 Å². The maximum absolute atomic E-state index is 14.0. The van der Waals surface area contributed by atoms with E-state index in [-0.39, 0.29) is 18.0 Å². The van der Waals surface area contributed by atoms with E-state index >= 15 is 0 Å². The molecule has 1 spiro atoms. The molecular weight excluding hydrogens is 527 g/mol. The predicted octanol–water partition coefficient (Wildman–Crippen LogP) is 8.03. The molecule has 3 aliphatic rings. The van der Waals surface area contributed by atoms with Crippen LogP contribution in [0.1, 0.15) is 76.8 Å². The van der Waals surface area contributed by atoms with Gasteiger partial charge in [-0.1, -0.05) is 50.6 Å². The van der Waals surface area contributed by atoms with E-state index in [1.54, 1.807) is 12.1 Å². The topological polar surface area (TPSA) is 35.9 Å². The fourth-order valence-electron chi connectivity index (χ4n) is 7.17. The molecule has 42 heavy (non-hydrogen) atoms. The van der Waals surface area contributed by atoms with Crippen molar-refractivity contribution >= 4 is 0 Å². The summed E-state index contributed by atoms with van der Waals surface area (Å²) in [5.74, 6) is -0.287. The molecule has 3 heterocycles. The van der Waals surface area contributed by atoms with Crippen LogP contribution in [-0.2, 0) is 20.8 Å². The minimum atomic E-state index is -0.427. The first-order valence-corrected chi connectivity index (χ1v) is 16.2. The number of benzene rings is 2. The Hall–Kier alpha value is -2.51. The van der Waals surface area contributed by atoms with Crippen molar-refractivity contribution in [2.75, 3.05) is 32.8 Å². The first-order valence-electron chi connectivity index (χ1n) is 16.2. The first-order chi connectivity index (χ1) is 20.5. The Labute approximate surface area is 251 Å². The number of halogens is 1. The summed E-state index contributed by atoms with van der Waals surface area (Å²) < 4.78 is 35.7. The van der Waals surface area contributed by atoms with Crippen LogP contribution in [0.3, 0.4) is 0 Å². The highest BCUT2D eigenvalue weighted by molar-refractivity contribution is 5.82. The molecule has 1 aliphatic carbocycles. The summed E-state index contributed by atoms with van der Waals surface area (Å²) in [5, 5.41) is 0. The quantitative estimate of drug-likeness (QED) is 0.259. The fourth-order valence-corrected chi connectivity index (χ4v) is 7.17. The molecule has 0 radical (unpaired) electrons. The third-order valence-corrected chi connectivity index (χ3v) is 9.37. The number of morpholine rings is 1. The van der Waals surface area contributed by atoms with Crippen LogP contribution in [0.15, 0.2) is 60.7 Å². The van der Waals surface area contributed by atoms with Crippen LogP contribution in [-0.4, -0.2) is 60.3 Å². The smallest absolute Gasteiger partial charge is 0.169 e. The van der Waals surface area contributed by atoms with Gasteiger partial charge in [0.05, 0.1) is 31.1 Å². The monoisotopic (exact) mass is 574 g/mol. The maximum atomic E-state index is 14.0. The molecule has 226 valence electrons. The van der Waals surface area contributed by atoms with E-state index in [0.717, 1.165) is 82.8 Å². The lowest BCUT2D eigenvalue weighted by molar-refractivity contribution is -0.330. The highest BCUT2D eigenvalue weighted by atomic mass is 19.1. The molecule has 2 aliphatic heterocycles. The minimum absolute atomic E-state index is 0.148. The van der Waals surface area contributed by atoms with Crippen molar-refractivity contribution in [3.05, 3.63) is 72.2 Å². The zero-order chi connectivity index (χ0) is 28.9. The average molecular weight is 575 g/mol. The Bertz CT molecular complexity index is 1280. The van der Waals surface area contributed by atoms with Crippen LogP contribution in [0, 0.1) is 5.82 Å².